The number of hydrogen-bond acceptors (Lipinski definition) is 8. The van der Waals surface area contributed by atoms with Gasteiger partial charge in [-0.1, -0.05) is 5.92 Å². The predicted molar refractivity (Wildman–Crippen MR) is 137 cm³/mol. The first-order valence-corrected chi connectivity index (χ1v) is 13.0. The Kier molecular flexibility index (Phi) is 14.4. The van der Waals surface area contributed by atoms with Crippen LogP contribution in [-0.4, -0.2) is 100 Å². The second-order valence-electron chi connectivity index (χ2n) is 9.52. The molecule has 0 spiro atoms. The Morgan fingerprint density at radius 3 is 2.06 bits per heavy atom. The Labute approximate surface area is 211 Å². The third-order valence-electron chi connectivity index (χ3n) is 6.52. The van der Waals surface area contributed by atoms with E-state index in [0.717, 1.165) is 19.3 Å². The Balaban J connectivity index is 1.46. The minimum atomic E-state index is 0.151. The molecule has 3 unspecified atom stereocenters. The summed E-state index contributed by atoms with van der Waals surface area (Å²) < 4.78 is 27.4. The average Bonchev–Trinajstić information content (AvgIpc) is 3.19. The van der Waals surface area contributed by atoms with E-state index in [1.807, 2.05) is 4.90 Å². The Bertz CT molecular complexity index is 665. The fourth-order valence-electron chi connectivity index (χ4n) is 4.66. The molecule has 2 fully saturated rings. The van der Waals surface area contributed by atoms with Gasteiger partial charge in [0.05, 0.1) is 64.8 Å². The number of nitrogens with zero attached hydrogens (tertiary/aromatic N) is 1. The van der Waals surface area contributed by atoms with Gasteiger partial charge in [0.15, 0.2) is 0 Å². The zero-order chi connectivity index (χ0) is 25.5. The highest BCUT2D eigenvalue weighted by atomic mass is 16.6. The monoisotopic (exact) mass is 494 g/mol. The van der Waals surface area contributed by atoms with E-state index in [4.69, 9.17) is 40.9 Å². The van der Waals surface area contributed by atoms with Gasteiger partial charge in [-0.2, -0.15) is 0 Å². The fraction of sp³-hybridized carbons (Fsp3) is 0.846. The molecule has 0 bridgehead atoms. The molecule has 0 aromatic carbocycles. The molecule has 0 aromatic rings. The molecule has 3 atom stereocenters. The van der Waals surface area contributed by atoms with E-state index in [1.165, 1.54) is 12.8 Å². The summed E-state index contributed by atoms with van der Waals surface area (Å²) in [6.45, 7) is 10.6. The van der Waals surface area contributed by atoms with Crippen LogP contribution in [0.1, 0.15) is 52.9 Å². The lowest BCUT2D eigenvalue weighted by Gasteiger charge is -2.41. The Morgan fingerprint density at radius 2 is 1.54 bits per heavy atom. The van der Waals surface area contributed by atoms with Crippen LogP contribution in [0.3, 0.4) is 0 Å². The molecule has 2 aliphatic rings. The summed E-state index contributed by atoms with van der Waals surface area (Å²) in [4.78, 5) is 1.91. The largest absolute Gasteiger partial charge is 0.377 e. The summed E-state index contributed by atoms with van der Waals surface area (Å²) >= 11 is 0. The molecule has 1 aliphatic carbocycles. The molecule has 1 saturated carbocycles. The maximum Gasteiger partial charge on any atom is 0.107 e. The molecular formula is C26H46N4O5. The van der Waals surface area contributed by atoms with Crippen LogP contribution in [0.25, 0.3) is 0 Å². The third-order valence-corrected chi connectivity index (χ3v) is 6.52. The van der Waals surface area contributed by atoms with Gasteiger partial charge in [-0.05, 0) is 52.9 Å². The van der Waals surface area contributed by atoms with Gasteiger partial charge in [0.1, 0.15) is 12.4 Å². The van der Waals surface area contributed by atoms with Crippen LogP contribution in [0.5, 0.6) is 0 Å². The number of hydrogen-bond donors (Lipinski definition) is 3. The normalized spacial score (nSPS) is 24.5. The maximum absolute atomic E-state index is 8.70. The molecule has 1 saturated heterocycles. The topological polar surface area (TPSA) is 109 Å². The van der Waals surface area contributed by atoms with Crippen LogP contribution in [-0.2, 0) is 23.7 Å². The fourth-order valence-corrected chi connectivity index (χ4v) is 4.66. The molecule has 1 heterocycles. The van der Waals surface area contributed by atoms with Crippen LogP contribution in [0.2, 0.25) is 0 Å². The highest BCUT2D eigenvalue weighted by Crippen LogP contribution is 2.33. The van der Waals surface area contributed by atoms with Crippen LogP contribution in [0, 0.1) is 29.1 Å². The molecule has 35 heavy (non-hydrogen) atoms. The first kappa shape index (κ1) is 29.7. The van der Waals surface area contributed by atoms with Gasteiger partial charge in [0.25, 0.3) is 0 Å². The number of ether oxygens (including phenoxy) is 5. The summed E-state index contributed by atoms with van der Waals surface area (Å²) in [7, 11) is 0. The van der Waals surface area contributed by atoms with Crippen LogP contribution >= 0.6 is 0 Å². The van der Waals surface area contributed by atoms with Crippen molar-refractivity contribution in [2.24, 2.45) is 5.92 Å². The lowest BCUT2D eigenvalue weighted by Crippen LogP contribution is -2.50. The zero-order valence-corrected chi connectivity index (χ0v) is 21.9. The van der Waals surface area contributed by atoms with E-state index in [1.54, 1.807) is 6.92 Å². The third kappa shape index (κ3) is 11.4. The van der Waals surface area contributed by atoms with Gasteiger partial charge < -0.3 is 33.9 Å². The molecule has 0 amide bonds. The van der Waals surface area contributed by atoms with Crippen molar-refractivity contribution < 1.29 is 23.7 Å². The SMILES string of the molecule is C#CCOCCOCCOCCOCCOC1CC(C(=N)N(C(C)=N)C(C)CC2CCC(C)N2)C1. The van der Waals surface area contributed by atoms with Gasteiger partial charge in [-0.25, -0.2) is 0 Å². The van der Waals surface area contributed by atoms with E-state index < -0.39 is 0 Å². The van der Waals surface area contributed by atoms with E-state index in [9.17, 15) is 0 Å². The lowest BCUT2D eigenvalue weighted by molar-refractivity contribution is -0.0503. The highest BCUT2D eigenvalue weighted by molar-refractivity contribution is 5.98. The van der Waals surface area contributed by atoms with Crippen molar-refractivity contribution in [3.05, 3.63) is 0 Å². The van der Waals surface area contributed by atoms with Crippen molar-refractivity contribution in [1.29, 1.82) is 10.8 Å². The minimum absolute atomic E-state index is 0.151. The molecule has 3 N–H and O–H groups in total. The van der Waals surface area contributed by atoms with E-state index in [2.05, 4.69) is 25.1 Å². The van der Waals surface area contributed by atoms with Crippen molar-refractivity contribution in [2.45, 2.75) is 77.1 Å². The minimum Gasteiger partial charge on any atom is -0.377 e. The predicted octanol–water partition coefficient (Wildman–Crippen LogP) is 2.68. The summed E-state index contributed by atoms with van der Waals surface area (Å²) in [5, 5.41) is 20.6. The maximum atomic E-state index is 8.70. The summed E-state index contributed by atoms with van der Waals surface area (Å²) in [5.41, 5.74) is 0. The lowest BCUT2D eigenvalue weighted by atomic mass is 9.80. The smallest absolute Gasteiger partial charge is 0.107 e. The molecule has 9 nitrogen and oxygen atoms in total. The Morgan fingerprint density at radius 1 is 0.971 bits per heavy atom. The van der Waals surface area contributed by atoms with Crippen LogP contribution in [0.15, 0.2) is 0 Å². The van der Waals surface area contributed by atoms with Crippen LogP contribution < -0.4 is 5.32 Å². The van der Waals surface area contributed by atoms with Gasteiger partial charge in [0.2, 0.25) is 0 Å². The molecule has 0 aromatic heterocycles. The molecule has 1 aliphatic heterocycles. The Hall–Kier alpha value is -1.54. The first-order chi connectivity index (χ1) is 16.9. The van der Waals surface area contributed by atoms with Crippen molar-refractivity contribution in [2.75, 3.05) is 59.5 Å². The van der Waals surface area contributed by atoms with Crippen molar-refractivity contribution in [3.8, 4) is 12.3 Å². The second-order valence-corrected chi connectivity index (χ2v) is 9.52. The second kappa shape index (κ2) is 17.0. The molecule has 2 rings (SSSR count). The van der Waals surface area contributed by atoms with Gasteiger partial charge in [-0.3, -0.25) is 10.8 Å². The standard InChI is InChI=1S/C26H46N4O5/c1-5-8-31-9-10-32-11-12-33-13-14-34-15-16-35-25-18-23(19-25)26(28)30(22(4)27)21(3)17-24-7-6-20(2)29-24/h1,20-21,23-25,27-29H,6-19H2,2-4H3. The summed E-state index contributed by atoms with van der Waals surface area (Å²) in [5.74, 6) is 3.59. The van der Waals surface area contributed by atoms with E-state index in [-0.39, 0.29) is 18.1 Å². The summed E-state index contributed by atoms with van der Waals surface area (Å²) in [6.07, 6.45) is 10.3. The highest BCUT2D eigenvalue weighted by Gasteiger charge is 2.37. The molecular weight excluding hydrogens is 448 g/mol. The van der Waals surface area contributed by atoms with Crippen molar-refractivity contribution in [1.82, 2.24) is 10.2 Å². The van der Waals surface area contributed by atoms with E-state index >= 15 is 0 Å². The summed E-state index contributed by atoms with van der Waals surface area (Å²) in [6, 6.07) is 1.20. The number of rotatable bonds is 18. The van der Waals surface area contributed by atoms with Crippen LogP contribution in [0.4, 0.5) is 0 Å². The number of nitrogens with one attached hydrogen (secondary N) is 3. The molecule has 0 radical (unpaired) electrons. The first-order valence-electron chi connectivity index (χ1n) is 13.0. The van der Waals surface area contributed by atoms with Gasteiger partial charge >= 0.3 is 0 Å². The zero-order valence-electron chi connectivity index (χ0n) is 21.9. The van der Waals surface area contributed by atoms with E-state index in [0.29, 0.717) is 83.2 Å². The number of amidine groups is 2. The van der Waals surface area contributed by atoms with Gasteiger partial charge in [0, 0.05) is 24.0 Å². The molecule has 200 valence electrons. The van der Waals surface area contributed by atoms with Gasteiger partial charge in [-0.15, -0.1) is 6.42 Å². The number of terminal acetylenes is 1. The molecule has 9 heteroatoms. The average molecular weight is 495 g/mol. The quantitative estimate of drug-likeness (QED) is 0.116. The van der Waals surface area contributed by atoms with Crippen molar-refractivity contribution >= 4 is 11.7 Å². The van der Waals surface area contributed by atoms with Crippen molar-refractivity contribution in [3.63, 3.8) is 0 Å².